The van der Waals surface area contributed by atoms with Crippen molar-refractivity contribution in [2.45, 2.75) is 19.9 Å². The van der Waals surface area contributed by atoms with Crippen molar-refractivity contribution >= 4 is 21.6 Å². The standard InChI is InChI=1S/C15H14BrF2N/c1-9-4-3-5-11(6-9)10(2)19-15-13(16)7-12(17)8-14(15)18/h3-8,10,19H,1-2H3. The van der Waals surface area contributed by atoms with Crippen LogP contribution in [-0.4, -0.2) is 0 Å². The quantitative estimate of drug-likeness (QED) is 0.816. The smallest absolute Gasteiger partial charge is 0.150 e. The van der Waals surface area contributed by atoms with Gasteiger partial charge in [0.15, 0.2) is 0 Å². The van der Waals surface area contributed by atoms with Crippen LogP contribution in [0.4, 0.5) is 14.5 Å². The summed E-state index contributed by atoms with van der Waals surface area (Å²) in [6.45, 7) is 3.94. The Hall–Kier alpha value is -1.42. The largest absolute Gasteiger partial charge is 0.375 e. The number of rotatable bonds is 3. The Labute approximate surface area is 119 Å². The lowest BCUT2D eigenvalue weighted by Crippen LogP contribution is -2.09. The van der Waals surface area contributed by atoms with Gasteiger partial charge >= 0.3 is 0 Å². The van der Waals surface area contributed by atoms with Crippen molar-refractivity contribution in [2.75, 3.05) is 5.32 Å². The molecular formula is C15H14BrF2N. The first-order chi connectivity index (χ1) is 8.97. The van der Waals surface area contributed by atoms with Gasteiger partial charge in [-0.15, -0.1) is 0 Å². The molecule has 2 aromatic carbocycles. The molecular weight excluding hydrogens is 312 g/mol. The van der Waals surface area contributed by atoms with Crippen molar-refractivity contribution in [3.63, 3.8) is 0 Å². The number of hydrogen-bond donors (Lipinski definition) is 1. The summed E-state index contributed by atoms with van der Waals surface area (Å²) in [4.78, 5) is 0. The summed E-state index contributed by atoms with van der Waals surface area (Å²) >= 11 is 3.17. The highest BCUT2D eigenvalue weighted by Gasteiger charge is 2.13. The van der Waals surface area contributed by atoms with E-state index in [0.29, 0.717) is 4.47 Å². The Kier molecular flexibility index (Phi) is 4.20. The zero-order chi connectivity index (χ0) is 14.0. The minimum atomic E-state index is -0.605. The van der Waals surface area contributed by atoms with E-state index in [1.807, 2.05) is 38.1 Å². The highest BCUT2D eigenvalue weighted by atomic mass is 79.9. The Morgan fingerprint density at radius 2 is 1.89 bits per heavy atom. The fourth-order valence-electron chi connectivity index (χ4n) is 1.92. The van der Waals surface area contributed by atoms with Crippen molar-refractivity contribution in [1.29, 1.82) is 0 Å². The molecule has 1 nitrogen and oxygen atoms in total. The van der Waals surface area contributed by atoms with Gasteiger partial charge < -0.3 is 5.32 Å². The Bertz CT molecular complexity index is 575. The van der Waals surface area contributed by atoms with Crippen LogP contribution in [0.1, 0.15) is 24.1 Å². The van der Waals surface area contributed by atoms with Crippen LogP contribution >= 0.6 is 15.9 Å². The van der Waals surface area contributed by atoms with Crippen molar-refractivity contribution in [3.8, 4) is 0 Å². The summed E-state index contributed by atoms with van der Waals surface area (Å²) in [5.41, 5.74) is 2.47. The lowest BCUT2D eigenvalue weighted by Gasteiger charge is -2.18. The van der Waals surface area contributed by atoms with E-state index in [1.165, 1.54) is 6.07 Å². The minimum absolute atomic E-state index is 0.0730. The third kappa shape index (κ3) is 3.32. The molecule has 1 N–H and O–H groups in total. The number of benzene rings is 2. The number of anilines is 1. The van der Waals surface area contributed by atoms with Gasteiger partial charge in [0.25, 0.3) is 0 Å². The van der Waals surface area contributed by atoms with E-state index < -0.39 is 11.6 Å². The molecule has 19 heavy (non-hydrogen) atoms. The molecule has 2 aromatic rings. The Morgan fingerprint density at radius 1 is 1.16 bits per heavy atom. The van der Waals surface area contributed by atoms with Gasteiger partial charge in [0.2, 0.25) is 0 Å². The normalized spacial score (nSPS) is 12.3. The first kappa shape index (κ1) is 14.0. The van der Waals surface area contributed by atoms with Crippen molar-refractivity contribution in [1.82, 2.24) is 0 Å². The van der Waals surface area contributed by atoms with E-state index in [4.69, 9.17) is 0 Å². The molecule has 1 unspecified atom stereocenters. The number of halogens is 3. The maximum Gasteiger partial charge on any atom is 0.150 e. The highest BCUT2D eigenvalue weighted by molar-refractivity contribution is 9.10. The lowest BCUT2D eigenvalue weighted by atomic mass is 10.1. The second-order valence-electron chi connectivity index (χ2n) is 4.52. The minimum Gasteiger partial charge on any atom is -0.375 e. The van der Waals surface area contributed by atoms with Crippen LogP contribution in [0.3, 0.4) is 0 Å². The van der Waals surface area contributed by atoms with Crippen LogP contribution in [0.15, 0.2) is 40.9 Å². The molecule has 0 amide bonds. The summed E-state index contributed by atoms with van der Waals surface area (Å²) < 4.78 is 27.1. The van der Waals surface area contributed by atoms with Gasteiger partial charge in [0.1, 0.15) is 11.6 Å². The summed E-state index contributed by atoms with van der Waals surface area (Å²) in [5.74, 6) is -1.20. The van der Waals surface area contributed by atoms with Gasteiger partial charge in [-0.05, 0) is 41.4 Å². The van der Waals surface area contributed by atoms with Crippen LogP contribution in [0.2, 0.25) is 0 Å². The molecule has 0 saturated carbocycles. The van der Waals surface area contributed by atoms with E-state index in [0.717, 1.165) is 17.2 Å². The van der Waals surface area contributed by atoms with Crippen LogP contribution in [0.25, 0.3) is 0 Å². The van der Waals surface area contributed by atoms with Crippen LogP contribution in [0.5, 0.6) is 0 Å². The Morgan fingerprint density at radius 3 is 2.53 bits per heavy atom. The maximum atomic E-state index is 13.7. The average molecular weight is 326 g/mol. The summed E-state index contributed by atoms with van der Waals surface area (Å²) in [7, 11) is 0. The zero-order valence-electron chi connectivity index (χ0n) is 10.7. The second-order valence-corrected chi connectivity index (χ2v) is 5.38. The van der Waals surface area contributed by atoms with Crippen LogP contribution in [-0.2, 0) is 0 Å². The molecule has 0 aliphatic rings. The molecule has 0 aliphatic carbocycles. The molecule has 0 radical (unpaired) electrons. The summed E-state index contributed by atoms with van der Waals surface area (Å²) in [6.07, 6.45) is 0. The van der Waals surface area contributed by atoms with Gasteiger partial charge in [-0.25, -0.2) is 8.78 Å². The molecule has 0 fully saturated rings. The topological polar surface area (TPSA) is 12.0 Å². The molecule has 100 valence electrons. The van der Waals surface area contributed by atoms with Gasteiger partial charge in [-0.2, -0.15) is 0 Å². The maximum absolute atomic E-state index is 13.7. The third-order valence-electron chi connectivity index (χ3n) is 2.91. The molecule has 4 heteroatoms. The molecule has 2 rings (SSSR count). The van der Waals surface area contributed by atoms with E-state index in [2.05, 4.69) is 21.2 Å². The first-order valence-corrected chi connectivity index (χ1v) is 6.74. The second kappa shape index (κ2) is 5.70. The highest BCUT2D eigenvalue weighted by Crippen LogP contribution is 2.30. The molecule has 0 aliphatic heterocycles. The van der Waals surface area contributed by atoms with Crippen molar-refractivity contribution in [2.24, 2.45) is 0 Å². The SMILES string of the molecule is Cc1cccc(C(C)Nc2c(F)cc(F)cc2Br)c1. The summed E-state index contributed by atoms with van der Waals surface area (Å²) in [6, 6.07) is 10.0. The van der Waals surface area contributed by atoms with Crippen molar-refractivity contribution < 1.29 is 8.78 Å². The van der Waals surface area contributed by atoms with Gasteiger partial charge in [0.05, 0.1) is 5.69 Å². The van der Waals surface area contributed by atoms with Crippen LogP contribution in [0, 0.1) is 18.6 Å². The lowest BCUT2D eigenvalue weighted by molar-refractivity contribution is 0.582. The van der Waals surface area contributed by atoms with Crippen molar-refractivity contribution in [3.05, 3.63) is 63.6 Å². The number of aryl methyl sites for hydroxylation is 1. The molecule has 0 aromatic heterocycles. The first-order valence-electron chi connectivity index (χ1n) is 5.95. The molecule has 0 saturated heterocycles. The monoisotopic (exact) mass is 325 g/mol. The van der Waals surface area contributed by atoms with E-state index in [-0.39, 0.29) is 11.7 Å². The predicted molar refractivity (Wildman–Crippen MR) is 77.3 cm³/mol. The molecule has 0 bridgehead atoms. The van der Waals surface area contributed by atoms with E-state index in [1.54, 1.807) is 0 Å². The van der Waals surface area contributed by atoms with E-state index in [9.17, 15) is 8.78 Å². The van der Waals surface area contributed by atoms with Gasteiger partial charge in [-0.3, -0.25) is 0 Å². The average Bonchev–Trinajstić information content (AvgIpc) is 2.33. The number of hydrogen-bond acceptors (Lipinski definition) is 1. The predicted octanol–water partition coefficient (Wildman–Crippen LogP) is 5.21. The van der Waals surface area contributed by atoms with Crippen LogP contribution < -0.4 is 5.32 Å². The Balaban J connectivity index is 2.26. The third-order valence-corrected chi connectivity index (χ3v) is 3.54. The summed E-state index contributed by atoms with van der Waals surface area (Å²) in [5, 5.41) is 3.06. The van der Waals surface area contributed by atoms with Gasteiger partial charge in [-0.1, -0.05) is 29.8 Å². The fraction of sp³-hybridized carbons (Fsp3) is 0.200. The number of nitrogens with one attached hydrogen (secondary N) is 1. The molecule has 1 atom stereocenters. The fourth-order valence-corrected chi connectivity index (χ4v) is 2.44. The zero-order valence-corrected chi connectivity index (χ0v) is 12.3. The molecule has 0 spiro atoms. The molecule has 0 heterocycles. The van der Waals surface area contributed by atoms with E-state index >= 15 is 0 Å². The van der Waals surface area contributed by atoms with Gasteiger partial charge in [0, 0.05) is 16.6 Å².